The molecule has 1 N–H and O–H groups in total. The summed E-state index contributed by atoms with van der Waals surface area (Å²) in [5.74, 6) is -0.809. The van der Waals surface area contributed by atoms with Crippen molar-refractivity contribution in [1.82, 2.24) is 0 Å². The number of ether oxygens (including phenoxy) is 2. The topological polar surface area (TPSA) is 108 Å². The molecule has 0 aromatic rings. The van der Waals surface area contributed by atoms with Gasteiger partial charge in [0.25, 0.3) is 0 Å². The number of esters is 2. The van der Waals surface area contributed by atoms with Crippen molar-refractivity contribution < 1.29 is 42.1 Å². The molecule has 1 unspecified atom stereocenters. The monoisotopic (exact) mass is 897 g/mol. The van der Waals surface area contributed by atoms with Gasteiger partial charge >= 0.3 is 19.8 Å². The Balaban J connectivity index is 4.18. The molecule has 0 spiro atoms. The highest BCUT2D eigenvalue weighted by molar-refractivity contribution is 7.47. The number of nitrogens with zero attached hydrogens (tertiary/aromatic N) is 1. The van der Waals surface area contributed by atoms with Gasteiger partial charge in [0.15, 0.2) is 6.10 Å². The second kappa shape index (κ2) is 44.4. The number of rotatable bonds is 47. The van der Waals surface area contributed by atoms with Gasteiger partial charge < -0.3 is 18.9 Å². The van der Waals surface area contributed by atoms with Crippen molar-refractivity contribution in [3.8, 4) is 0 Å². The third-order valence-corrected chi connectivity index (χ3v) is 12.2. The van der Waals surface area contributed by atoms with E-state index in [-0.39, 0.29) is 32.0 Å². The van der Waals surface area contributed by atoms with E-state index in [9.17, 15) is 19.0 Å². The third-order valence-electron chi connectivity index (χ3n) is 11.2. The number of quaternary nitrogens is 1. The minimum absolute atomic E-state index is 0.0289. The first-order valence-corrected chi connectivity index (χ1v) is 27.2. The molecular formula is C52H99NO8P+. The normalized spacial score (nSPS) is 13.7. The first-order valence-electron chi connectivity index (χ1n) is 25.7. The van der Waals surface area contributed by atoms with Crippen molar-refractivity contribution in [3.05, 3.63) is 36.5 Å². The Morgan fingerprint density at radius 1 is 0.516 bits per heavy atom. The Bertz CT molecular complexity index is 1150. The highest BCUT2D eigenvalue weighted by atomic mass is 31.2. The summed E-state index contributed by atoms with van der Waals surface area (Å²) in [6, 6.07) is 0. The average molecular weight is 897 g/mol. The Kier molecular flexibility index (Phi) is 43.2. The van der Waals surface area contributed by atoms with Crippen LogP contribution < -0.4 is 0 Å². The van der Waals surface area contributed by atoms with Crippen LogP contribution in [0.2, 0.25) is 0 Å². The molecule has 0 aliphatic heterocycles. The molecule has 62 heavy (non-hydrogen) atoms. The van der Waals surface area contributed by atoms with E-state index in [4.69, 9.17) is 18.5 Å². The Labute approximate surface area is 382 Å². The van der Waals surface area contributed by atoms with Gasteiger partial charge in [-0.15, -0.1) is 0 Å². The summed E-state index contributed by atoms with van der Waals surface area (Å²) in [4.78, 5) is 35.5. The summed E-state index contributed by atoms with van der Waals surface area (Å²) in [6.07, 6.45) is 52.1. The molecular weight excluding hydrogens is 798 g/mol. The van der Waals surface area contributed by atoms with Gasteiger partial charge in [0.2, 0.25) is 0 Å². The van der Waals surface area contributed by atoms with Crippen molar-refractivity contribution in [2.75, 3.05) is 47.5 Å². The molecule has 0 heterocycles. The number of carbonyl (C=O) groups excluding carboxylic acids is 2. The summed E-state index contributed by atoms with van der Waals surface area (Å²) in [7, 11) is 1.47. The number of likely N-dealkylation sites (N-methyl/N-ethyl adjacent to an activating group) is 1. The number of hydrogen-bond donors (Lipinski definition) is 1. The average Bonchev–Trinajstić information content (AvgIpc) is 3.23. The maximum atomic E-state index is 12.7. The minimum atomic E-state index is -4.38. The van der Waals surface area contributed by atoms with Gasteiger partial charge in [-0.25, -0.2) is 4.57 Å². The molecule has 364 valence electrons. The zero-order chi connectivity index (χ0) is 45.7. The second-order valence-corrected chi connectivity index (χ2v) is 20.0. The molecule has 0 saturated carbocycles. The van der Waals surface area contributed by atoms with Crippen LogP contribution in [0, 0.1) is 0 Å². The zero-order valence-electron chi connectivity index (χ0n) is 41.1. The van der Waals surface area contributed by atoms with Gasteiger partial charge in [-0.2, -0.15) is 0 Å². The lowest BCUT2D eigenvalue weighted by atomic mass is 10.0. The Morgan fingerprint density at radius 3 is 1.37 bits per heavy atom. The molecule has 0 aromatic carbocycles. The lowest BCUT2D eigenvalue weighted by Gasteiger charge is -2.24. The summed E-state index contributed by atoms with van der Waals surface area (Å²) in [5.41, 5.74) is 0. The molecule has 0 bridgehead atoms. The van der Waals surface area contributed by atoms with Gasteiger partial charge in [0.1, 0.15) is 19.8 Å². The Hall–Kier alpha value is -1.77. The van der Waals surface area contributed by atoms with E-state index >= 15 is 0 Å². The predicted molar refractivity (Wildman–Crippen MR) is 261 cm³/mol. The van der Waals surface area contributed by atoms with E-state index in [0.717, 1.165) is 70.6 Å². The highest BCUT2D eigenvalue weighted by Gasteiger charge is 2.27. The summed E-state index contributed by atoms with van der Waals surface area (Å²) in [6.45, 7) is 4.32. The van der Waals surface area contributed by atoms with E-state index in [1.54, 1.807) is 0 Å². The maximum Gasteiger partial charge on any atom is 0.472 e. The molecule has 2 atom stereocenters. The predicted octanol–water partition coefficient (Wildman–Crippen LogP) is 15.3. The van der Waals surface area contributed by atoms with Gasteiger partial charge in [0.05, 0.1) is 27.7 Å². The van der Waals surface area contributed by atoms with Gasteiger partial charge in [-0.1, -0.05) is 211 Å². The van der Waals surface area contributed by atoms with Crippen LogP contribution >= 0.6 is 7.82 Å². The smallest absolute Gasteiger partial charge is 0.462 e. The van der Waals surface area contributed by atoms with Crippen LogP contribution in [-0.4, -0.2) is 74.9 Å². The summed E-state index contributed by atoms with van der Waals surface area (Å²) < 4.78 is 34.4. The number of unbranched alkanes of at least 4 members (excludes halogenated alkanes) is 27. The van der Waals surface area contributed by atoms with Gasteiger partial charge in [-0.3, -0.25) is 18.6 Å². The third kappa shape index (κ3) is 47.7. The van der Waals surface area contributed by atoms with E-state index in [0.29, 0.717) is 17.4 Å². The van der Waals surface area contributed by atoms with Crippen molar-refractivity contribution in [2.45, 2.75) is 238 Å². The van der Waals surface area contributed by atoms with Crippen LogP contribution in [0.4, 0.5) is 0 Å². The molecule has 0 aromatic heterocycles. The van der Waals surface area contributed by atoms with Crippen LogP contribution in [0.5, 0.6) is 0 Å². The summed E-state index contributed by atoms with van der Waals surface area (Å²) >= 11 is 0. The van der Waals surface area contributed by atoms with Crippen molar-refractivity contribution in [3.63, 3.8) is 0 Å². The molecule has 0 fully saturated rings. The fourth-order valence-corrected chi connectivity index (χ4v) is 7.95. The molecule has 0 saturated heterocycles. The summed E-state index contributed by atoms with van der Waals surface area (Å²) in [5, 5.41) is 0. The maximum absolute atomic E-state index is 12.7. The van der Waals surface area contributed by atoms with E-state index in [2.05, 4.69) is 50.3 Å². The molecule has 10 heteroatoms. The molecule has 9 nitrogen and oxygen atoms in total. The van der Waals surface area contributed by atoms with Crippen LogP contribution in [0.1, 0.15) is 232 Å². The van der Waals surface area contributed by atoms with E-state index in [1.165, 1.54) is 128 Å². The largest absolute Gasteiger partial charge is 0.472 e. The van der Waals surface area contributed by atoms with Crippen LogP contribution in [0.25, 0.3) is 0 Å². The van der Waals surface area contributed by atoms with Crippen molar-refractivity contribution >= 4 is 19.8 Å². The molecule has 0 radical (unpaired) electrons. The van der Waals surface area contributed by atoms with Crippen molar-refractivity contribution in [2.24, 2.45) is 0 Å². The molecule has 0 aliphatic carbocycles. The molecule has 0 amide bonds. The quantitative estimate of drug-likeness (QED) is 0.0212. The number of allylic oxidation sites excluding steroid dienone is 6. The fourth-order valence-electron chi connectivity index (χ4n) is 7.21. The minimum Gasteiger partial charge on any atom is -0.462 e. The first-order chi connectivity index (χ1) is 30.0. The highest BCUT2D eigenvalue weighted by Crippen LogP contribution is 2.43. The lowest BCUT2D eigenvalue weighted by Crippen LogP contribution is -2.37. The number of carbonyl (C=O) groups is 2. The Morgan fingerprint density at radius 2 is 0.919 bits per heavy atom. The zero-order valence-corrected chi connectivity index (χ0v) is 42.0. The molecule has 0 rings (SSSR count). The second-order valence-electron chi connectivity index (χ2n) is 18.5. The first kappa shape index (κ1) is 60.2. The standard InChI is InChI=1S/C52H98NO8P/c1-6-8-10-12-14-16-18-20-22-23-24-25-26-27-28-29-31-32-34-36-38-40-42-44-51(54)58-48-50(49-60-62(56,57)59-47-46-53(3,4)5)61-52(55)45-43-41-39-37-35-33-30-21-19-17-15-13-11-9-7-2/h9,11,15,17,21,30,50H,6-8,10,12-14,16,18-20,22-29,31-49H2,1-5H3/p+1/b11-9+,17-15+,30-21+/t50-/m0/s1. The van der Waals surface area contributed by atoms with Crippen LogP contribution in [-0.2, 0) is 32.7 Å². The van der Waals surface area contributed by atoms with Gasteiger partial charge in [0, 0.05) is 12.8 Å². The van der Waals surface area contributed by atoms with Crippen molar-refractivity contribution in [1.29, 1.82) is 0 Å². The number of phosphoric acid groups is 1. The van der Waals surface area contributed by atoms with E-state index in [1.807, 2.05) is 21.1 Å². The van der Waals surface area contributed by atoms with Crippen LogP contribution in [0.3, 0.4) is 0 Å². The molecule has 0 aliphatic rings. The fraction of sp³-hybridized carbons (Fsp3) is 0.846. The SMILES string of the molecule is CC/C=C/C/C=C/C/C=C/CCCCCCCC(=O)O[C@@H](COC(=O)CCCCCCCCCCCCCCCCCCCCCCCCC)COP(=O)(O)OCC[N+](C)(C)C. The van der Waals surface area contributed by atoms with E-state index < -0.39 is 26.5 Å². The van der Waals surface area contributed by atoms with Gasteiger partial charge in [-0.05, 0) is 44.9 Å². The lowest BCUT2D eigenvalue weighted by molar-refractivity contribution is -0.870. The number of hydrogen-bond acceptors (Lipinski definition) is 7. The number of phosphoric ester groups is 1. The van der Waals surface area contributed by atoms with Crippen LogP contribution in [0.15, 0.2) is 36.5 Å².